The van der Waals surface area contributed by atoms with Gasteiger partial charge in [0.25, 0.3) is 0 Å². The molecular weight excluding hydrogens is 266 g/mol. The maximum Gasteiger partial charge on any atom is 0.328 e. The maximum atomic E-state index is 11.8. The monoisotopic (exact) mass is 285 g/mol. The number of hydrogen-bond donors (Lipinski definition) is 2. The lowest BCUT2D eigenvalue weighted by Gasteiger charge is -2.27. The Morgan fingerprint density at radius 2 is 1.95 bits per heavy atom. The number of fused-ring (bicyclic) bond motifs is 1. The van der Waals surface area contributed by atoms with Gasteiger partial charge in [0.15, 0.2) is 0 Å². The fourth-order valence-corrected chi connectivity index (χ4v) is 2.96. The van der Waals surface area contributed by atoms with Crippen molar-refractivity contribution in [1.29, 1.82) is 0 Å². The first-order valence-corrected chi connectivity index (χ1v) is 7.26. The standard InChI is InChI=1S/C17H19NO3/c1-2-21-15-10-9-14(12-5-3-4-6-13(12)15)17(18,16(19)20)11-7-8-11/h3-6,9-11H,2,7-8,18H2,1H3,(H,19,20). The molecule has 1 saturated carbocycles. The van der Waals surface area contributed by atoms with Gasteiger partial charge in [0.05, 0.1) is 6.61 Å². The highest BCUT2D eigenvalue weighted by Gasteiger charge is 2.50. The summed E-state index contributed by atoms with van der Waals surface area (Å²) in [5.74, 6) is -0.184. The van der Waals surface area contributed by atoms with Gasteiger partial charge in [0.1, 0.15) is 11.3 Å². The highest BCUT2D eigenvalue weighted by Crippen LogP contribution is 2.47. The van der Waals surface area contributed by atoms with E-state index in [-0.39, 0.29) is 5.92 Å². The average Bonchev–Trinajstić information content (AvgIpc) is 3.32. The third-order valence-electron chi connectivity index (χ3n) is 4.20. The summed E-state index contributed by atoms with van der Waals surface area (Å²) in [6.07, 6.45) is 1.73. The van der Waals surface area contributed by atoms with Crippen LogP contribution in [-0.4, -0.2) is 17.7 Å². The second-order valence-electron chi connectivity index (χ2n) is 5.54. The summed E-state index contributed by atoms with van der Waals surface area (Å²) >= 11 is 0. The van der Waals surface area contributed by atoms with Crippen molar-refractivity contribution >= 4 is 16.7 Å². The molecule has 4 nitrogen and oxygen atoms in total. The minimum absolute atomic E-state index is 0.0105. The molecule has 2 aromatic carbocycles. The van der Waals surface area contributed by atoms with E-state index < -0.39 is 11.5 Å². The summed E-state index contributed by atoms with van der Waals surface area (Å²) < 4.78 is 5.64. The summed E-state index contributed by atoms with van der Waals surface area (Å²) in [6, 6.07) is 11.3. The topological polar surface area (TPSA) is 72.5 Å². The lowest BCUT2D eigenvalue weighted by atomic mass is 9.83. The van der Waals surface area contributed by atoms with Gasteiger partial charge in [-0.2, -0.15) is 0 Å². The molecule has 1 aliphatic carbocycles. The normalized spacial score (nSPS) is 17.4. The van der Waals surface area contributed by atoms with Gasteiger partial charge in [-0.1, -0.05) is 30.3 Å². The molecule has 0 saturated heterocycles. The first-order chi connectivity index (χ1) is 10.1. The number of hydrogen-bond acceptors (Lipinski definition) is 3. The van der Waals surface area contributed by atoms with Gasteiger partial charge < -0.3 is 15.6 Å². The fourth-order valence-electron chi connectivity index (χ4n) is 2.96. The molecule has 0 amide bonds. The Morgan fingerprint density at radius 3 is 2.52 bits per heavy atom. The number of benzene rings is 2. The molecule has 0 radical (unpaired) electrons. The number of carboxylic acid groups (broad SMARTS) is 1. The molecule has 1 atom stereocenters. The summed E-state index contributed by atoms with van der Waals surface area (Å²) in [5, 5.41) is 11.4. The molecule has 1 fully saturated rings. The van der Waals surface area contributed by atoms with Crippen molar-refractivity contribution in [1.82, 2.24) is 0 Å². The molecule has 21 heavy (non-hydrogen) atoms. The minimum Gasteiger partial charge on any atom is -0.493 e. The highest BCUT2D eigenvalue weighted by molar-refractivity contribution is 5.96. The number of carboxylic acids is 1. The van der Waals surface area contributed by atoms with Crippen LogP contribution in [0.4, 0.5) is 0 Å². The van der Waals surface area contributed by atoms with Gasteiger partial charge in [-0.15, -0.1) is 0 Å². The van der Waals surface area contributed by atoms with Crippen LogP contribution in [-0.2, 0) is 10.3 Å². The van der Waals surface area contributed by atoms with Gasteiger partial charge in [-0.3, -0.25) is 0 Å². The maximum absolute atomic E-state index is 11.8. The van der Waals surface area contributed by atoms with Gasteiger partial charge in [0, 0.05) is 5.39 Å². The van der Waals surface area contributed by atoms with Crippen LogP contribution in [0.3, 0.4) is 0 Å². The largest absolute Gasteiger partial charge is 0.493 e. The Kier molecular flexibility index (Phi) is 3.33. The molecule has 0 aromatic heterocycles. The quantitative estimate of drug-likeness (QED) is 0.886. The van der Waals surface area contributed by atoms with E-state index >= 15 is 0 Å². The molecule has 0 heterocycles. The molecular formula is C17H19NO3. The molecule has 3 rings (SSSR count). The Morgan fingerprint density at radius 1 is 1.29 bits per heavy atom. The molecule has 4 heteroatoms. The van der Waals surface area contributed by atoms with Crippen LogP contribution < -0.4 is 10.5 Å². The van der Waals surface area contributed by atoms with Crippen molar-refractivity contribution in [2.24, 2.45) is 11.7 Å². The second-order valence-corrected chi connectivity index (χ2v) is 5.54. The van der Waals surface area contributed by atoms with E-state index in [4.69, 9.17) is 10.5 Å². The van der Waals surface area contributed by atoms with E-state index in [0.29, 0.717) is 12.2 Å². The average molecular weight is 285 g/mol. The molecule has 110 valence electrons. The van der Waals surface area contributed by atoms with Crippen LogP contribution in [0.15, 0.2) is 36.4 Å². The zero-order valence-electron chi connectivity index (χ0n) is 12.0. The summed E-state index contributed by atoms with van der Waals surface area (Å²) in [5.41, 5.74) is 5.68. The number of ether oxygens (including phenoxy) is 1. The van der Waals surface area contributed by atoms with Gasteiger partial charge in [0.2, 0.25) is 0 Å². The van der Waals surface area contributed by atoms with Gasteiger partial charge >= 0.3 is 5.97 Å². The first-order valence-electron chi connectivity index (χ1n) is 7.26. The molecule has 3 N–H and O–H groups in total. The number of carbonyl (C=O) groups is 1. The van der Waals surface area contributed by atoms with Crippen molar-refractivity contribution in [3.8, 4) is 5.75 Å². The lowest BCUT2D eigenvalue weighted by molar-refractivity contribution is -0.144. The third-order valence-corrected chi connectivity index (χ3v) is 4.20. The summed E-state index contributed by atoms with van der Waals surface area (Å²) in [7, 11) is 0. The van der Waals surface area contributed by atoms with Crippen molar-refractivity contribution in [2.45, 2.75) is 25.3 Å². The number of nitrogens with two attached hydrogens (primary N) is 1. The van der Waals surface area contributed by atoms with Crippen molar-refractivity contribution in [2.75, 3.05) is 6.61 Å². The smallest absolute Gasteiger partial charge is 0.328 e. The van der Waals surface area contributed by atoms with Gasteiger partial charge in [-0.25, -0.2) is 4.79 Å². The van der Waals surface area contributed by atoms with Crippen LogP contribution in [0.2, 0.25) is 0 Å². The Bertz CT molecular complexity index is 693. The second kappa shape index (κ2) is 5.04. The molecule has 0 spiro atoms. The Hall–Kier alpha value is -2.07. The predicted molar refractivity (Wildman–Crippen MR) is 81.3 cm³/mol. The van der Waals surface area contributed by atoms with E-state index in [2.05, 4.69) is 0 Å². The van der Waals surface area contributed by atoms with Crippen molar-refractivity contribution in [3.63, 3.8) is 0 Å². The van der Waals surface area contributed by atoms with E-state index in [1.165, 1.54) is 0 Å². The van der Waals surface area contributed by atoms with E-state index in [0.717, 1.165) is 29.4 Å². The fraction of sp³-hybridized carbons (Fsp3) is 0.353. The van der Waals surface area contributed by atoms with E-state index in [1.807, 2.05) is 37.3 Å². The third kappa shape index (κ3) is 2.16. The van der Waals surface area contributed by atoms with Crippen LogP contribution in [0.5, 0.6) is 5.75 Å². The zero-order chi connectivity index (χ0) is 15.0. The predicted octanol–water partition coefficient (Wildman–Crippen LogP) is 2.89. The molecule has 0 bridgehead atoms. The highest BCUT2D eigenvalue weighted by atomic mass is 16.5. The van der Waals surface area contributed by atoms with Crippen LogP contribution >= 0.6 is 0 Å². The summed E-state index contributed by atoms with van der Waals surface area (Å²) in [6.45, 7) is 2.50. The first kappa shape index (κ1) is 13.9. The van der Waals surface area contributed by atoms with Crippen LogP contribution in [0, 0.1) is 5.92 Å². The van der Waals surface area contributed by atoms with Gasteiger partial charge in [-0.05, 0) is 42.7 Å². The molecule has 1 unspecified atom stereocenters. The molecule has 1 aliphatic rings. The van der Waals surface area contributed by atoms with E-state index in [9.17, 15) is 9.90 Å². The summed E-state index contributed by atoms with van der Waals surface area (Å²) in [4.78, 5) is 11.8. The Balaban J connectivity index is 2.24. The minimum atomic E-state index is -1.32. The zero-order valence-corrected chi connectivity index (χ0v) is 12.0. The van der Waals surface area contributed by atoms with Crippen molar-refractivity contribution < 1.29 is 14.6 Å². The van der Waals surface area contributed by atoms with E-state index in [1.54, 1.807) is 6.07 Å². The van der Waals surface area contributed by atoms with Crippen LogP contribution in [0.1, 0.15) is 25.3 Å². The lowest BCUT2D eigenvalue weighted by Crippen LogP contribution is -2.47. The van der Waals surface area contributed by atoms with Crippen LogP contribution in [0.25, 0.3) is 10.8 Å². The SMILES string of the molecule is CCOc1ccc(C(N)(C(=O)O)C2CC2)c2ccccc12. The molecule has 0 aliphatic heterocycles. The molecule has 2 aromatic rings. The number of rotatable bonds is 5. The van der Waals surface area contributed by atoms with Crippen molar-refractivity contribution in [3.05, 3.63) is 42.0 Å². The Labute approximate surface area is 123 Å². The number of aliphatic carboxylic acids is 1.